The minimum Gasteiger partial charge on any atom is -0.455 e. The zero-order chi connectivity index (χ0) is 20.8. The molecule has 30 heavy (non-hydrogen) atoms. The van der Waals surface area contributed by atoms with Crippen molar-refractivity contribution in [3.05, 3.63) is 90.2 Å². The molecule has 1 heterocycles. The van der Waals surface area contributed by atoms with Crippen LogP contribution in [0.3, 0.4) is 0 Å². The van der Waals surface area contributed by atoms with E-state index < -0.39 is 0 Å². The van der Waals surface area contributed by atoms with Gasteiger partial charge >= 0.3 is 0 Å². The predicted molar refractivity (Wildman–Crippen MR) is 119 cm³/mol. The van der Waals surface area contributed by atoms with Crippen LogP contribution >= 0.6 is 23.4 Å². The Morgan fingerprint density at radius 3 is 2.67 bits per heavy atom. The highest BCUT2D eigenvalue weighted by molar-refractivity contribution is 7.99. The molecule has 0 aliphatic heterocycles. The molecular formula is C22H17ClN4O2S. The molecule has 4 rings (SSSR count). The van der Waals surface area contributed by atoms with E-state index in [2.05, 4.69) is 15.5 Å². The summed E-state index contributed by atoms with van der Waals surface area (Å²) in [6.45, 7) is 0. The van der Waals surface area contributed by atoms with Crippen LogP contribution in [0.5, 0.6) is 11.5 Å². The van der Waals surface area contributed by atoms with E-state index in [9.17, 15) is 4.79 Å². The number of ether oxygens (including phenoxy) is 1. The zero-order valence-electron chi connectivity index (χ0n) is 15.7. The monoisotopic (exact) mass is 436 g/mol. The van der Waals surface area contributed by atoms with Gasteiger partial charge in [0.25, 0.3) is 0 Å². The molecule has 0 bridgehead atoms. The van der Waals surface area contributed by atoms with Gasteiger partial charge in [-0.3, -0.25) is 9.36 Å². The SMILES string of the molecule is O=C(CSc1nncn1-c1cccc(Cl)c1)Nc1ccccc1Oc1ccccc1. The zero-order valence-corrected chi connectivity index (χ0v) is 17.3. The molecule has 4 aromatic rings. The Morgan fingerprint density at radius 1 is 1.03 bits per heavy atom. The number of carbonyl (C=O) groups is 1. The van der Waals surface area contributed by atoms with E-state index in [-0.39, 0.29) is 11.7 Å². The Kier molecular flexibility index (Phi) is 6.32. The van der Waals surface area contributed by atoms with Crippen LogP contribution in [0.4, 0.5) is 5.69 Å². The number of halogens is 1. The Bertz CT molecular complexity index is 1150. The van der Waals surface area contributed by atoms with E-state index in [1.807, 2.05) is 66.7 Å². The second-order valence-corrected chi connectivity index (χ2v) is 7.59. The number of carbonyl (C=O) groups excluding carboxylic acids is 1. The van der Waals surface area contributed by atoms with Crippen molar-refractivity contribution in [1.82, 2.24) is 14.8 Å². The summed E-state index contributed by atoms with van der Waals surface area (Å²) in [6.07, 6.45) is 1.59. The highest BCUT2D eigenvalue weighted by atomic mass is 35.5. The molecule has 1 amide bonds. The van der Waals surface area contributed by atoms with Gasteiger partial charge in [0.05, 0.1) is 17.1 Å². The number of benzene rings is 3. The van der Waals surface area contributed by atoms with Crippen LogP contribution in [-0.4, -0.2) is 26.4 Å². The van der Waals surface area contributed by atoms with E-state index in [1.165, 1.54) is 11.8 Å². The quantitative estimate of drug-likeness (QED) is 0.390. The van der Waals surface area contributed by atoms with Gasteiger partial charge in [-0.1, -0.05) is 59.8 Å². The highest BCUT2D eigenvalue weighted by Gasteiger charge is 2.12. The van der Waals surface area contributed by atoms with Crippen LogP contribution in [0.1, 0.15) is 0 Å². The number of para-hydroxylation sites is 3. The third kappa shape index (κ3) is 5.00. The smallest absolute Gasteiger partial charge is 0.234 e. The van der Waals surface area contributed by atoms with Gasteiger partial charge < -0.3 is 10.1 Å². The number of aromatic nitrogens is 3. The van der Waals surface area contributed by atoms with E-state index in [4.69, 9.17) is 16.3 Å². The molecule has 0 unspecified atom stereocenters. The van der Waals surface area contributed by atoms with Gasteiger partial charge in [-0.15, -0.1) is 10.2 Å². The summed E-state index contributed by atoms with van der Waals surface area (Å²) in [7, 11) is 0. The maximum atomic E-state index is 12.5. The summed E-state index contributed by atoms with van der Waals surface area (Å²) in [5.74, 6) is 1.26. The van der Waals surface area contributed by atoms with Crippen LogP contribution in [-0.2, 0) is 4.79 Å². The molecule has 0 radical (unpaired) electrons. The van der Waals surface area contributed by atoms with Gasteiger partial charge in [-0.05, 0) is 42.5 Å². The fourth-order valence-electron chi connectivity index (χ4n) is 2.72. The van der Waals surface area contributed by atoms with Crippen molar-refractivity contribution in [2.45, 2.75) is 5.16 Å². The third-order valence-electron chi connectivity index (χ3n) is 4.07. The Morgan fingerprint density at radius 2 is 1.83 bits per heavy atom. The van der Waals surface area contributed by atoms with E-state index in [0.29, 0.717) is 27.4 Å². The highest BCUT2D eigenvalue weighted by Crippen LogP contribution is 2.29. The number of nitrogens with one attached hydrogen (secondary N) is 1. The van der Waals surface area contributed by atoms with Crippen molar-refractivity contribution in [1.29, 1.82) is 0 Å². The number of hydrogen-bond acceptors (Lipinski definition) is 5. The lowest BCUT2D eigenvalue weighted by atomic mass is 10.3. The molecule has 0 spiro atoms. The summed E-state index contributed by atoms with van der Waals surface area (Å²) in [4.78, 5) is 12.5. The number of hydrogen-bond donors (Lipinski definition) is 1. The lowest BCUT2D eigenvalue weighted by molar-refractivity contribution is -0.113. The van der Waals surface area contributed by atoms with Crippen molar-refractivity contribution < 1.29 is 9.53 Å². The fraction of sp³-hybridized carbons (Fsp3) is 0.0455. The predicted octanol–water partition coefficient (Wildman–Crippen LogP) is 5.44. The molecule has 6 nitrogen and oxygen atoms in total. The molecule has 150 valence electrons. The van der Waals surface area contributed by atoms with Crippen LogP contribution in [0.2, 0.25) is 5.02 Å². The van der Waals surface area contributed by atoms with Gasteiger partial charge in [-0.2, -0.15) is 0 Å². The lowest BCUT2D eigenvalue weighted by Gasteiger charge is -2.12. The number of anilines is 1. The summed E-state index contributed by atoms with van der Waals surface area (Å²) in [5, 5.41) is 12.2. The Labute approximate surface area is 182 Å². The summed E-state index contributed by atoms with van der Waals surface area (Å²) >= 11 is 7.35. The maximum Gasteiger partial charge on any atom is 0.234 e. The fourth-order valence-corrected chi connectivity index (χ4v) is 3.63. The first-order chi connectivity index (χ1) is 14.7. The minimum absolute atomic E-state index is 0.166. The average molecular weight is 437 g/mol. The second-order valence-electron chi connectivity index (χ2n) is 6.21. The molecule has 0 fully saturated rings. The molecule has 0 saturated heterocycles. The molecule has 8 heteroatoms. The van der Waals surface area contributed by atoms with Gasteiger partial charge in [0.2, 0.25) is 5.91 Å². The van der Waals surface area contributed by atoms with Crippen LogP contribution in [0.25, 0.3) is 5.69 Å². The largest absolute Gasteiger partial charge is 0.455 e. The van der Waals surface area contributed by atoms with Gasteiger partial charge in [0.15, 0.2) is 10.9 Å². The van der Waals surface area contributed by atoms with E-state index in [1.54, 1.807) is 23.0 Å². The van der Waals surface area contributed by atoms with E-state index >= 15 is 0 Å². The number of amides is 1. The first-order valence-electron chi connectivity index (χ1n) is 9.09. The molecule has 1 aromatic heterocycles. The molecule has 0 atom stereocenters. The number of thioether (sulfide) groups is 1. The van der Waals surface area contributed by atoms with Crippen LogP contribution in [0.15, 0.2) is 90.3 Å². The first-order valence-corrected chi connectivity index (χ1v) is 10.5. The molecule has 3 aromatic carbocycles. The van der Waals surface area contributed by atoms with Gasteiger partial charge in [-0.25, -0.2) is 0 Å². The Hall–Kier alpha value is -3.29. The van der Waals surface area contributed by atoms with Crippen LogP contribution in [0, 0.1) is 0 Å². The standard InChI is InChI=1S/C22H17ClN4O2S/c23-16-7-6-8-17(13-16)27-15-24-26-22(27)30-14-21(28)25-19-11-4-5-12-20(19)29-18-9-2-1-3-10-18/h1-13,15H,14H2,(H,25,28). The number of nitrogens with zero attached hydrogens (tertiary/aromatic N) is 3. The summed E-state index contributed by atoms with van der Waals surface area (Å²) in [5.41, 5.74) is 1.43. The lowest BCUT2D eigenvalue weighted by Crippen LogP contribution is -2.15. The summed E-state index contributed by atoms with van der Waals surface area (Å²) < 4.78 is 7.68. The maximum absolute atomic E-state index is 12.5. The van der Waals surface area contributed by atoms with Crippen LogP contribution < -0.4 is 10.1 Å². The minimum atomic E-state index is -0.176. The van der Waals surface area contributed by atoms with Crippen molar-refractivity contribution >= 4 is 35.0 Å². The molecule has 1 N–H and O–H groups in total. The van der Waals surface area contributed by atoms with Crippen molar-refractivity contribution in [3.8, 4) is 17.2 Å². The van der Waals surface area contributed by atoms with E-state index in [0.717, 1.165) is 5.69 Å². The summed E-state index contributed by atoms with van der Waals surface area (Å²) in [6, 6.07) is 24.1. The number of rotatable bonds is 7. The third-order valence-corrected chi connectivity index (χ3v) is 5.25. The van der Waals surface area contributed by atoms with Crippen molar-refractivity contribution in [2.75, 3.05) is 11.1 Å². The van der Waals surface area contributed by atoms with Gasteiger partial charge in [0.1, 0.15) is 12.1 Å². The molecule has 0 aliphatic rings. The molecule has 0 saturated carbocycles. The first kappa shape index (κ1) is 20.0. The Balaban J connectivity index is 1.42. The van der Waals surface area contributed by atoms with Gasteiger partial charge in [0, 0.05) is 5.02 Å². The van der Waals surface area contributed by atoms with Crippen molar-refractivity contribution in [2.24, 2.45) is 0 Å². The average Bonchev–Trinajstić information content (AvgIpc) is 3.23. The molecular weight excluding hydrogens is 420 g/mol. The molecule has 0 aliphatic carbocycles. The topological polar surface area (TPSA) is 69.0 Å². The normalized spacial score (nSPS) is 10.6. The van der Waals surface area contributed by atoms with Crippen molar-refractivity contribution in [3.63, 3.8) is 0 Å². The second kappa shape index (κ2) is 9.47.